The SMILES string of the molecule is Cc1ccsc1[C@H](O)CNC(=O)c1c(F)cccc1Cl. The zero-order valence-corrected chi connectivity index (χ0v) is 12.3. The van der Waals surface area contributed by atoms with E-state index in [1.54, 1.807) is 0 Å². The van der Waals surface area contributed by atoms with Gasteiger partial charge in [0.15, 0.2) is 0 Å². The van der Waals surface area contributed by atoms with Crippen molar-refractivity contribution in [1.29, 1.82) is 0 Å². The van der Waals surface area contributed by atoms with Gasteiger partial charge in [-0.2, -0.15) is 0 Å². The topological polar surface area (TPSA) is 49.3 Å². The second-order valence-corrected chi connectivity index (χ2v) is 5.65. The van der Waals surface area contributed by atoms with Crippen LogP contribution in [0.15, 0.2) is 29.6 Å². The fourth-order valence-corrected chi connectivity index (χ4v) is 2.97. The van der Waals surface area contributed by atoms with Crippen molar-refractivity contribution in [1.82, 2.24) is 5.32 Å². The molecule has 2 rings (SSSR count). The molecule has 0 fully saturated rings. The predicted octanol–water partition coefficient (Wildman–Crippen LogP) is 3.31. The summed E-state index contributed by atoms with van der Waals surface area (Å²) >= 11 is 7.21. The molecule has 0 aliphatic carbocycles. The van der Waals surface area contributed by atoms with Gasteiger partial charge in [-0.25, -0.2) is 4.39 Å². The third kappa shape index (κ3) is 3.17. The van der Waals surface area contributed by atoms with Gasteiger partial charge >= 0.3 is 0 Å². The van der Waals surface area contributed by atoms with E-state index >= 15 is 0 Å². The summed E-state index contributed by atoms with van der Waals surface area (Å²) in [6.07, 6.45) is -0.815. The lowest BCUT2D eigenvalue weighted by molar-refractivity contribution is 0.0914. The highest BCUT2D eigenvalue weighted by Gasteiger charge is 2.18. The number of thiophene rings is 1. The molecule has 0 radical (unpaired) electrons. The summed E-state index contributed by atoms with van der Waals surface area (Å²) < 4.78 is 13.6. The third-order valence-corrected chi connectivity index (χ3v) is 4.29. The molecule has 6 heteroatoms. The van der Waals surface area contributed by atoms with E-state index in [2.05, 4.69) is 5.32 Å². The number of hydrogen-bond acceptors (Lipinski definition) is 3. The van der Waals surface area contributed by atoms with E-state index in [0.717, 1.165) is 10.4 Å². The number of hydrogen-bond donors (Lipinski definition) is 2. The summed E-state index contributed by atoms with van der Waals surface area (Å²) in [6, 6.07) is 5.93. The van der Waals surface area contributed by atoms with Crippen LogP contribution in [-0.4, -0.2) is 17.6 Å². The van der Waals surface area contributed by atoms with Gasteiger partial charge in [0.05, 0.1) is 10.6 Å². The largest absolute Gasteiger partial charge is 0.386 e. The lowest BCUT2D eigenvalue weighted by atomic mass is 10.1. The lowest BCUT2D eigenvalue weighted by Gasteiger charge is -2.12. The number of halogens is 2. The lowest BCUT2D eigenvalue weighted by Crippen LogP contribution is -2.29. The van der Waals surface area contributed by atoms with Gasteiger partial charge in [0.2, 0.25) is 0 Å². The van der Waals surface area contributed by atoms with Gasteiger partial charge in [-0.1, -0.05) is 17.7 Å². The molecule has 106 valence electrons. The molecule has 1 aromatic carbocycles. The van der Waals surface area contributed by atoms with Gasteiger partial charge in [-0.05, 0) is 36.1 Å². The molecule has 3 nitrogen and oxygen atoms in total. The molecule has 2 N–H and O–H groups in total. The maximum absolute atomic E-state index is 13.6. The molecule has 2 aromatic rings. The maximum Gasteiger partial charge on any atom is 0.255 e. The first-order chi connectivity index (χ1) is 9.50. The highest BCUT2D eigenvalue weighted by Crippen LogP contribution is 2.23. The summed E-state index contributed by atoms with van der Waals surface area (Å²) in [7, 11) is 0. The number of aryl methyl sites for hydroxylation is 1. The maximum atomic E-state index is 13.6. The van der Waals surface area contributed by atoms with Gasteiger partial charge in [0.1, 0.15) is 11.9 Å². The van der Waals surface area contributed by atoms with Crippen LogP contribution in [0.2, 0.25) is 5.02 Å². The number of nitrogens with one attached hydrogen (secondary N) is 1. The van der Waals surface area contributed by atoms with Crippen LogP contribution in [0.5, 0.6) is 0 Å². The Morgan fingerprint density at radius 3 is 2.85 bits per heavy atom. The number of rotatable bonds is 4. The van der Waals surface area contributed by atoms with Crippen LogP contribution in [0, 0.1) is 12.7 Å². The van der Waals surface area contributed by atoms with Crippen molar-refractivity contribution in [2.75, 3.05) is 6.54 Å². The minimum absolute atomic E-state index is 0.00481. The summed E-state index contributed by atoms with van der Waals surface area (Å²) in [5.74, 6) is -1.32. The van der Waals surface area contributed by atoms with Crippen LogP contribution >= 0.6 is 22.9 Å². The van der Waals surface area contributed by atoms with Crippen molar-refractivity contribution in [3.63, 3.8) is 0 Å². The normalized spacial score (nSPS) is 12.2. The van der Waals surface area contributed by atoms with E-state index in [9.17, 15) is 14.3 Å². The Kier molecular flexibility index (Phi) is 4.75. The van der Waals surface area contributed by atoms with Gasteiger partial charge in [-0.15, -0.1) is 11.3 Å². The van der Waals surface area contributed by atoms with Crippen molar-refractivity contribution in [3.05, 3.63) is 56.5 Å². The van der Waals surface area contributed by atoms with Gasteiger partial charge < -0.3 is 10.4 Å². The van der Waals surface area contributed by atoms with E-state index in [1.807, 2.05) is 18.4 Å². The standard InChI is InChI=1S/C14H13ClFNO2S/c1-8-5-6-20-13(8)11(18)7-17-14(19)12-9(15)3-2-4-10(12)16/h2-6,11,18H,7H2,1H3,(H,17,19)/t11-/m1/s1. The molecule has 0 unspecified atom stereocenters. The van der Waals surface area contributed by atoms with Crippen LogP contribution in [0.1, 0.15) is 26.9 Å². The van der Waals surface area contributed by atoms with Gasteiger partial charge in [-0.3, -0.25) is 4.79 Å². The molecule has 20 heavy (non-hydrogen) atoms. The quantitative estimate of drug-likeness (QED) is 0.910. The Hall–Kier alpha value is -1.43. The highest BCUT2D eigenvalue weighted by molar-refractivity contribution is 7.10. The minimum atomic E-state index is -0.815. The number of aliphatic hydroxyl groups excluding tert-OH is 1. The van der Waals surface area contributed by atoms with E-state index < -0.39 is 17.8 Å². The fraction of sp³-hybridized carbons (Fsp3) is 0.214. The number of amides is 1. The number of benzene rings is 1. The monoisotopic (exact) mass is 313 g/mol. The van der Waals surface area contributed by atoms with Crippen LogP contribution in [-0.2, 0) is 0 Å². The van der Waals surface area contributed by atoms with E-state index in [0.29, 0.717) is 0 Å². The van der Waals surface area contributed by atoms with Crippen LogP contribution < -0.4 is 5.32 Å². The molecule has 1 amide bonds. The van der Waals surface area contributed by atoms with Crippen LogP contribution in [0.25, 0.3) is 0 Å². The molecule has 1 atom stereocenters. The van der Waals surface area contributed by atoms with Crippen molar-refractivity contribution in [3.8, 4) is 0 Å². The number of carbonyl (C=O) groups is 1. The number of carbonyl (C=O) groups excluding carboxylic acids is 1. The van der Waals surface area contributed by atoms with E-state index in [-0.39, 0.29) is 17.1 Å². The van der Waals surface area contributed by atoms with E-state index in [1.165, 1.54) is 29.5 Å². The molecule has 0 aliphatic heterocycles. The van der Waals surface area contributed by atoms with E-state index in [4.69, 9.17) is 11.6 Å². The average Bonchev–Trinajstić information content (AvgIpc) is 2.82. The first kappa shape index (κ1) is 15.0. The predicted molar refractivity (Wildman–Crippen MR) is 77.8 cm³/mol. The average molecular weight is 314 g/mol. The molecule has 1 heterocycles. The summed E-state index contributed by atoms with van der Waals surface area (Å²) in [5, 5.41) is 14.4. The Balaban J connectivity index is 2.04. The van der Waals surface area contributed by atoms with Crippen molar-refractivity contribution in [2.45, 2.75) is 13.0 Å². The first-order valence-corrected chi connectivity index (χ1v) is 7.20. The molecule has 0 saturated heterocycles. The minimum Gasteiger partial charge on any atom is -0.386 e. The zero-order chi connectivity index (χ0) is 14.7. The molecule has 0 aliphatic rings. The van der Waals surface area contributed by atoms with Gasteiger partial charge in [0, 0.05) is 11.4 Å². The summed E-state index contributed by atoms with van der Waals surface area (Å²) in [6.45, 7) is 1.88. The van der Waals surface area contributed by atoms with Crippen molar-refractivity contribution in [2.24, 2.45) is 0 Å². The van der Waals surface area contributed by atoms with Crippen LogP contribution in [0.3, 0.4) is 0 Å². The smallest absolute Gasteiger partial charge is 0.255 e. The van der Waals surface area contributed by atoms with Crippen molar-refractivity contribution < 1.29 is 14.3 Å². The second kappa shape index (κ2) is 6.35. The molecule has 0 spiro atoms. The third-order valence-electron chi connectivity index (χ3n) is 2.85. The Morgan fingerprint density at radius 1 is 1.50 bits per heavy atom. The summed E-state index contributed by atoms with van der Waals surface area (Å²) in [4.78, 5) is 12.7. The van der Waals surface area contributed by atoms with Crippen molar-refractivity contribution >= 4 is 28.8 Å². The van der Waals surface area contributed by atoms with Gasteiger partial charge in [0.25, 0.3) is 5.91 Å². The second-order valence-electron chi connectivity index (χ2n) is 4.29. The Bertz CT molecular complexity index is 609. The molecule has 0 saturated carbocycles. The molecular formula is C14H13ClFNO2S. The zero-order valence-electron chi connectivity index (χ0n) is 10.7. The highest BCUT2D eigenvalue weighted by atomic mass is 35.5. The summed E-state index contributed by atoms with van der Waals surface area (Å²) in [5.41, 5.74) is 0.755. The Morgan fingerprint density at radius 2 is 2.25 bits per heavy atom. The molecule has 1 aromatic heterocycles. The first-order valence-electron chi connectivity index (χ1n) is 5.95. The number of aliphatic hydroxyl groups is 1. The molecule has 0 bridgehead atoms. The Labute approximate surface area is 125 Å². The fourth-order valence-electron chi connectivity index (χ4n) is 1.81. The molecular weight excluding hydrogens is 301 g/mol. The van der Waals surface area contributed by atoms with Crippen LogP contribution in [0.4, 0.5) is 4.39 Å².